The minimum Gasteiger partial charge on any atom is -0.361 e. The summed E-state index contributed by atoms with van der Waals surface area (Å²) >= 11 is 0. The van der Waals surface area contributed by atoms with Crippen LogP contribution in [0.25, 0.3) is 0 Å². The van der Waals surface area contributed by atoms with Crippen LogP contribution in [0.4, 0.5) is 0 Å². The van der Waals surface area contributed by atoms with E-state index < -0.39 is 0 Å². The molecule has 0 bridgehead atoms. The molecule has 2 heterocycles. The molecule has 3 nitrogen and oxygen atoms in total. The fraction of sp³-hybridized carbons (Fsp3) is 0.500. The molecule has 1 saturated heterocycles. The van der Waals surface area contributed by atoms with E-state index in [0.717, 1.165) is 23.9 Å². The van der Waals surface area contributed by atoms with Gasteiger partial charge in [-0.1, -0.05) is 35.5 Å². The zero-order valence-corrected chi connectivity index (χ0v) is 12.8. The number of hydrogen-bond donors (Lipinski definition) is 0. The van der Waals surface area contributed by atoms with Crippen LogP contribution in [0.2, 0.25) is 0 Å². The van der Waals surface area contributed by atoms with E-state index in [1.165, 1.54) is 37.1 Å². The summed E-state index contributed by atoms with van der Waals surface area (Å²) in [7, 11) is 0. The molecule has 1 spiro atoms. The fourth-order valence-electron chi connectivity index (χ4n) is 4.17. The highest BCUT2D eigenvalue weighted by molar-refractivity contribution is 5.26. The third-order valence-corrected chi connectivity index (χ3v) is 5.31. The third kappa shape index (κ3) is 2.20. The molecule has 2 fully saturated rings. The summed E-state index contributed by atoms with van der Waals surface area (Å²) in [5.41, 5.74) is 4.44. The van der Waals surface area contributed by atoms with E-state index in [1.807, 2.05) is 13.8 Å². The van der Waals surface area contributed by atoms with Gasteiger partial charge in [0.25, 0.3) is 0 Å². The van der Waals surface area contributed by atoms with Crippen LogP contribution in [-0.4, -0.2) is 23.1 Å². The Morgan fingerprint density at radius 2 is 1.90 bits per heavy atom. The quantitative estimate of drug-likeness (QED) is 0.860. The minimum atomic E-state index is 0.597. The summed E-state index contributed by atoms with van der Waals surface area (Å²) in [6.45, 7) is 7.52. The highest BCUT2D eigenvalue weighted by Crippen LogP contribution is 2.56. The molecule has 0 N–H and O–H groups in total. The van der Waals surface area contributed by atoms with Crippen molar-refractivity contribution in [2.24, 2.45) is 5.41 Å². The van der Waals surface area contributed by atoms with Gasteiger partial charge in [0.1, 0.15) is 5.76 Å². The fourth-order valence-corrected chi connectivity index (χ4v) is 4.17. The first-order chi connectivity index (χ1) is 10.2. The molecule has 1 aromatic heterocycles. The first kappa shape index (κ1) is 13.1. The van der Waals surface area contributed by atoms with Crippen molar-refractivity contribution < 1.29 is 4.52 Å². The predicted octanol–water partition coefficient (Wildman–Crippen LogP) is 3.67. The molecule has 0 amide bonds. The monoisotopic (exact) mass is 282 g/mol. The van der Waals surface area contributed by atoms with Gasteiger partial charge >= 0.3 is 0 Å². The van der Waals surface area contributed by atoms with E-state index in [0.29, 0.717) is 5.41 Å². The van der Waals surface area contributed by atoms with Crippen molar-refractivity contribution in [2.75, 3.05) is 13.1 Å². The number of likely N-dealkylation sites (tertiary alicyclic amines) is 1. The van der Waals surface area contributed by atoms with E-state index >= 15 is 0 Å². The normalized spacial score (nSPS) is 21.2. The Labute approximate surface area is 125 Å². The van der Waals surface area contributed by atoms with Crippen molar-refractivity contribution in [3.05, 3.63) is 52.9 Å². The van der Waals surface area contributed by atoms with Crippen LogP contribution in [0.5, 0.6) is 0 Å². The molecule has 0 atom stereocenters. The molecule has 110 valence electrons. The number of benzene rings is 1. The van der Waals surface area contributed by atoms with Gasteiger partial charge < -0.3 is 4.52 Å². The average molecular weight is 282 g/mol. The summed E-state index contributed by atoms with van der Waals surface area (Å²) < 4.78 is 5.26. The molecule has 1 aromatic carbocycles. The lowest BCUT2D eigenvalue weighted by Crippen LogP contribution is -2.61. The average Bonchev–Trinajstić information content (AvgIpc) is 2.72. The van der Waals surface area contributed by atoms with Gasteiger partial charge in [0.05, 0.1) is 5.69 Å². The molecule has 1 aliphatic heterocycles. The summed E-state index contributed by atoms with van der Waals surface area (Å²) in [4.78, 5) is 2.54. The maximum atomic E-state index is 5.26. The van der Waals surface area contributed by atoms with Gasteiger partial charge in [0.2, 0.25) is 0 Å². The summed E-state index contributed by atoms with van der Waals surface area (Å²) in [5, 5.41) is 4.05. The number of aryl methyl sites for hydroxylation is 2. The lowest BCUT2D eigenvalue weighted by molar-refractivity contribution is -0.0777. The van der Waals surface area contributed by atoms with Crippen LogP contribution >= 0.6 is 0 Å². The summed E-state index contributed by atoms with van der Waals surface area (Å²) in [6.07, 6.45) is 2.71. The molecule has 2 aromatic rings. The summed E-state index contributed by atoms with van der Waals surface area (Å²) in [5.74, 6) is 1.76. The van der Waals surface area contributed by atoms with E-state index in [9.17, 15) is 0 Å². The lowest BCUT2D eigenvalue weighted by Gasteiger charge is -2.59. The predicted molar refractivity (Wildman–Crippen MR) is 82.1 cm³/mol. The van der Waals surface area contributed by atoms with Crippen molar-refractivity contribution in [1.82, 2.24) is 10.1 Å². The van der Waals surface area contributed by atoms with Gasteiger partial charge in [-0.25, -0.2) is 0 Å². The largest absolute Gasteiger partial charge is 0.361 e. The van der Waals surface area contributed by atoms with E-state index in [1.54, 1.807) is 0 Å². The Hall–Kier alpha value is -1.61. The number of nitrogens with zero attached hydrogens (tertiary/aromatic N) is 2. The SMILES string of the molecule is Cc1noc(C)c1CN1CC2(CC(c3ccccc3)C2)C1. The molecule has 0 unspecified atom stereocenters. The minimum absolute atomic E-state index is 0.597. The lowest BCUT2D eigenvalue weighted by atomic mass is 9.56. The van der Waals surface area contributed by atoms with Crippen molar-refractivity contribution in [1.29, 1.82) is 0 Å². The number of hydrogen-bond acceptors (Lipinski definition) is 3. The third-order valence-electron chi connectivity index (χ3n) is 5.31. The van der Waals surface area contributed by atoms with Crippen LogP contribution in [-0.2, 0) is 6.54 Å². The standard InChI is InChI=1S/C18H22N2O/c1-13-17(14(2)21-19-13)10-20-11-18(12-20)8-16(9-18)15-6-4-3-5-7-15/h3-7,16H,8-12H2,1-2H3. The Bertz CT molecular complexity index is 613. The Morgan fingerprint density at radius 1 is 1.19 bits per heavy atom. The zero-order valence-electron chi connectivity index (χ0n) is 12.8. The van der Waals surface area contributed by atoms with Crippen molar-refractivity contribution in [3.8, 4) is 0 Å². The van der Waals surface area contributed by atoms with E-state index in [4.69, 9.17) is 4.52 Å². The van der Waals surface area contributed by atoms with E-state index in [2.05, 4.69) is 40.4 Å². The smallest absolute Gasteiger partial charge is 0.138 e. The highest BCUT2D eigenvalue weighted by atomic mass is 16.5. The van der Waals surface area contributed by atoms with Gasteiger partial charge in [0, 0.05) is 25.2 Å². The Morgan fingerprint density at radius 3 is 2.52 bits per heavy atom. The number of aromatic nitrogens is 1. The summed E-state index contributed by atoms with van der Waals surface area (Å²) in [6, 6.07) is 11.0. The molecule has 2 aliphatic rings. The van der Waals surface area contributed by atoms with Gasteiger partial charge in [-0.05, 0) is 43.6 Å². The van der Waals surface area contributed by atoms with Gasteiger partial charge in [-0.3, -0.25) is 4.90 Å². The van der Waals surface area contributed by atoms with Crippen LogP contribution < -0.4 is 0 Å². The molecular formula is C18H22N2O. The first-order valence-electron chi connectivity index (χ1n) is 7.84. The van der Waals surface area contributed by atoms with Crippen molar-refractivity contribution in [2.45, 2.75) is 39.2 Å². The maximum Gasteiger partial charge on any atom is 0.138 e. The van der Waals surface area contributed by atoms with Gasteiger partial charge in [-0.15, -0.1) is 0 Å². The zero-order chi connectivity index (χ0) is 14.4. The molecular weight excluding hydrogens is 260 g/mol. The van der Waals surface area contributed by atoms with Crippen LogP contribution in [0.15, 0.2) is 34.9 Å². The molecule has 1 aliphatic carbocycles. The van der Waals surface area contributed by atoms with Crippen molar-refractivity contribution in [3.63, 3.8) is 0 Å². The van der Waals surface area contributed by atoms with Crippen LogP contribution in [0, 0.1) is 19.3 Å². The van der Waals surface area contributed by atoms with E-state index in [-0.39, 0.29) is 0 Å². The van der Waals surface area contributed by atoms with Crippen LogP contribution in [0.3, 0.4) is 0 Å². The van der Waals surface area contributed by atoms with Crippen molar-refractivity contribution >= 4 is 0 Å². The van der Waals surface area contributed by atoms with Crippen LogP contribution in [0.1, 0.15) is 41.3 Å². The second kappa shape index (κ2) is 4.70. The highest BCUT2D eigenvalue weighted by Gasteiger charge is 2.52. The Kier molecular flexibility index (Phi) is 2.93. The molecule has 3 heteroatoms. The van der Waals surface area contributed by atoms with Gasteiger partial charge in [-0.2, -0.15) is 0 Å². The first-order valence-corrected chi connectivity index (χ1v) is 7.84. The Balaban J connectivity index is 1.33. The van der Waals surface area contributed by atoms with Gasteiger partial charge in [0.15, 0.2) is 0 Å². The topological polar surface area (TPSA) is 29.3 Å². The number of rotatable bonds is 3. The molecule has 1 saturated carbocycles. The second-order valence-corrected chi connectivity index (χ2v) is 6.96. The maximum absolute atomic E-state index is 5.26. The molecule has 0 radical (unpaired) electrons. The second-order valence-electron chi connectivity index (χ2n) is 6.96. The molecule has 21 heavy (non-hydrogen) atoms. The molecule has 4 rings (SSSR count).